The van der Waals surface area contributed by atoms with E-state index >= 15 is 0 Å². The van der Waals surface area contributed by atoms with Gasteiger partial charge in [0.05, 0.1) is 10.7 Å². The van der Waals surface area contributed by atoms with Gasteiger partial charge in [-0.25, -0.2) is 0 Å². The average molecular weight is 246 g/mol. The van der Waals surface area contributed by atoms with E-state index in [-0.39, 0.29) is 0 Å². The molecule has 5 heteroatoms. The van der Waals surface area contributed by atoms with Gasteiger partial charge in [-0.2, -0.15) is 0 Å². The standard InChI is InChI=1S/C7H5BrClN3/c1-4-2-5(8)7(11-12-10)6(9)3-4/h2-3H,1H3. The van der Waals surface area contributed by atoms with E-state index in [1.807, 2.05) is 13.0 Å². The van der Waals surface area contributed by atoms with Crippen LogP contribution in [0, 0.1) is 6.92 Å². The Labute approximate surface area is 83.1 Å². The van der Waals surface area contributed by atoms with E-state index in [0.29, 0.717) is 15.2 Å². The summed E-state index contributed by atoms with van der Waals surface area (Å²) in [5, 5.41) is 3.91. The Bertz CT molecular complexity index is 335. The van der Waals surface area contributed by atoms with E-state index in [9.17, 15) is 0 Å². The van der Waals surface area contributed by atoms with Gasteiger partial charge in [0, 0.05) is 9.38 Å². The second-order valence-electron chi connectivity index (χ2n) is 2.27. The number of halogens is 2. The molecule has 0 radical (unpaired) electrons. The number of hydrogen-bond donors (Lipinski definition) is 0. The van der Waals surface area contributed by atoms with Crippen LogP contribution in [0.1, 0.15) is 5.56 Å². The predicted molar refractivity (Wildman–Crippen MR) is 52.7 cm³/mol. The van der Waals surface area contributed by atoms with E-state index in [1.165, 1.54) is 0 Å². The zero-order chi connectivity index (χ0) is 9.14. The number of rotatable bonds is 1. The Balaban J connectivity index is 3.37. The molecular weight excluding hydrogens is 241 g/mol. The number of aryl methyl sites for hydroxylation is 1. The van der Waals surface area contributed by atoms with Gasteiger partial charge in [-0.1, -0.05) is 32.6 Å². The van der Waals surface area contributed by atoms with E-state index in [0.717, 1.165) is 5.56 Å². The summed E-state index contributed by atoms with van der Waals surface area (Å²) in [7, 11) is 0. The SMILES string of the molecule is Cc1cc(Cl)c(N=[N+]=[N-])c(Br)c1. The van der Waals surface area contributed by atoms with E-state index < -0.39 is 0 Å². The van der Waals surface area contributed by atoms with Crippen LogP contribution in [0.4, 0.5) is 5.69 Å². The monoisotopic (exact) mass is 245 g/mol. The van der Waals surface area contributed by atoms with Crippen molar-refractivity contribution in [3.05, 3.63) is 37.6 Å². The van der Waals surface area contributed by atoms with Crippen LogP contribution in [0.5, 0.6) is 0 Å². The molecule has 62 valence electrons. The van der Waals surface area contributed by atoms with Gasteiger partial charge in [0.15, 0.2) is 0 Å². The van der Waals surface area contributed by atoms with Crippen LogP contribution in [-0.2, 0) is 0 Å². The van der Waals surface area contributed by atoms with Crippen molar-refractivity contribution in [1.29, 1.82) is 0 Å². The minimum absolute atomic E-state index is 0.435. The van der Waals surface area contributed by atoms with Crippen molar-refractivity contribution in [1.82, 2.24) is 0 Å². The van der Waals surface area contributed by atoms with Crippen molar-refractivity contribution in [2.45, 2.75) is 6.92 Å². The molecule has 0 N–H and O–H groups in total. The fourth-order valence-corrected chi connectivity index (χ4v) is 1.91. The highest BCUT2D eigenvalue weighted by molar-refractivity contribution is 9.10. The Kier molecular flexibility index (Phi) is 2.98. The van der Waals surface area contributed by atoms with Gasteiger partial charge in [0.1, 0.15) is 0 Å². The van der Waals surface area contributed by atoms with Crippen molar-refractivity contribution in [2.24, 2.45) is 5.11 Å². The molecule has 12 heavy (non-hydrogen) atoms. The lowest BCUT2D eigenvalue weighted by Crippen LogP contribution is -1.74. The lowest BCUT2D eigenvalue weighted by atomic mass is 10.2. The zero-order valence-corrected chi connectivity index (χ0v) is 8.59. The van der Waals surface area contributed by atoms with Crippen LogP contribution >= 0.6 is 27.5 Å². The van der Waals surface area contributed by atoms with Gasteiger partial charge >= 0.3 is 0 Å². The van der Waals surface area contributed by atoms with Gasteiger partial charge in [-0.05, 0) is 30.2 Å². The van der Waals surface area contributed by atoms with Crippen molar-refractivity contribution in [2.75, 3.05) is 0 Å². The molecule has 0 bridgehead atoms. The lowest BCUT2D eigenvalue weighted by molar-refractivity contribution is 1.39. The number of benzene rings is 1. The minimum Gasteiger partial charge on any atom is -0.0838 e. The molecular formula is C7H5BrClN3. The molecule has 0 saturated carbocycles. The van der Waals surface area contributed by atoms with Crippen LogP contribution < -0.4 is 0 Å². The molecule has 1 rings (SSSR count). The van der Waals surface area contributed by atoms with Gasteiger partial charge < -0.3 is 0 Å². The predicted octanol–water partition coefficient (Wildman–Crippen LogP) is 4.35. The van der Waals surface area contributed by atoms with Crippen LogP contribution in [0.2, 0.25) is 5.02 Å². The van der Waals surface area contributed by atoms with Crippen LogP contribution in [0.3, 0.4) is 0 Å². The third-order valence-electron chi connectivity index (χ3n) is 1.31. The van der Waals surface area contributed by atoms with Crippen molar-refractivity contribution in [3.63, 3.8) is 0 Å². The van der Waals surface area contributed by atoms with E-state index in [2.05, 4.69) is 26.0 Å². The summed E-state index contributed by atoms with van der Waals surface area (Å²) in [5.74, 6) is 0. The highest BCUT2D eigenvalue weighted by Crippen LogP contribution is 2.34. The summed E-state index contributed by atoms with van der Waals surface area (Å²) in [4.78, 5) is 2.67. The first kappa shape index (κ1) is 9.39. The normalized spacial score (nSPS) is 9.25. The number of nitrogens with zero attached hydrogens (tertiary/aromatic N) is 3. The zero-order valence-electron chi connectivity index (χ0n) is 6.25. The highest BCUT2D eigenvalue weighted by atomic mass is 79.9. The van der Waals surface area contributed by atoms with Crippen LogP contribution in [-0.4, -0.2) is 0 Å². The smallest absolute Gasteiger partial charge is 0.0703 e. The molecule has 0 aliphatic carbocycles. The molecule has 0 fully saturated rings. The van der Waals surface area contributed by atoms with Crippen molar-refractivity contribution < 1.29 is 0 Å². The van der Waals surface area contributed by atoms with Gasteiger partial charge in [-0.3, -0.25) is 0 Å². The Morgan fingerprint density at radius 3 is 2.75 bits per heavy atom. The molecule has 0 spiro atoms. The Morgan fingerprint density at radius 2 is 2.25 bits per heavy atom. The first-order valence-corrected chi connectivity index (χ1v) is 4.33. The Hall–Kier alpha value is -0.700. The fourth-order valence-electron chi connectivity index (χ4n) is 0.832. The summed E-state index contributed by atoms with van der Waals surface area (Å²) >= 11 is 9.07. The maximum absolute atomic E-state index is 8.22. The highest BCUT2D eigenvalue weighted by Gasteiger charge is 2.03. The number of azide groups is 1. The Morgan fingerprint density at radius 1 is 1.58 bits per heavy atom. The summed E-state index contributed by atoms with van der Waals surface area (Å²) in [6.45, 7) is 1.91. The minimum atomic E-state index is 0.435. The molecule has 0 atom stereocenters. The fraction of sp³-hybridized carbons (Fsp3) is 0.143. The van der Waals surface area contributed by atoms with Gasteiger partial charge in [0.25, 0.3) is 0 Å². The van der Waals surface area contributed by atoms with Crippen LogP contribution in [0.15, 0.2) is 21.7 Å². The quantitative estimate of drug-likeness (QED) is 0.402. The maximum atomic E-state index is 8.22. The molecule has 0 unspecified atom stereocenters. The molecule has 3 nitrogen and oxygen atoms in total. The molecule has 0 saturated heterocycles. The first-order valence-electron chi connectivity index (χ1n) is 3.16. The second kappa shape index (κ2) is 3.81. The maximum Gasteiger partial charge on any atom is 0.0703 e. The molecule has 0 aliphatic heterocycles. The number of hydrogen-bond acceptors (Lipinski definition) is 1. The van der Waals surface area contributed by atoms with E-state index in [4.69, 9.17) is 17.1 Å². The molecule has 1 aromatic carbocycles. The molecule has 0 aliphatic rings. The van der Waals surface area contributed by atoms with Crippen LogP contribution in [0.25, 0.3) is 10.4 Å². The molecule has 0 amide bonds. The van der Waals surface area contributed by atoms with Crippen molar-refractivity contribution >= 4 is 33.2 Å². The summed E-state index contributed by atoms with van der Waals surface area (Å²) in [6.07, 6.45) is 0. The third-order valence-corrected chi connectivity index (χ3v) is 2.20. The largest absolute Gasteiger partial charge is 0.0838 e. The van der Waals surface area contributed by atoms with Gasteiger partial charge in [-0.15, -0.1) is 0 Å². The first-order chi connectivity index (χ1) is 5.65. The van der Waals surface area contributed by atoms with E-state index in [1.54, 1.807) is 6.07 Å². The second-order valence-corrected chi connectivity index (χ2v) is 3.53. The topological polar surface area (TPSA) is 48.8 Å². The molecule has 0 heterocycles. The van der Waals surface area contributed by atoms with Gasteiger partial charge in [0.2, 0.25) is 0 Å². The average Bonchev–Trinajstić information content (AvgIpc) is 1.96. The van der Waals surface area contributed by atoms with Crippen molar-refractivity contribution in [3.8, 4) is 0 Å². The molecule has 0 aromatic heterocycles. The summed E-state index contributed by atoms with van der Waals surface area (Å²) in [6, 6.07) is 3.59. The third kappa shape index (κ3) is 1.91. The summed E-state index contributed by atoms with van der Waals surface area (Å²) in [5.41, 5.74) is 9.67. The summed E-state index contributed by atoms with van der Waals surface area (Å²) < 4.78 is 0.713. The lowest BCUT2D eigenvalue weighted by Gasteiger charge is -2.01. The molecule has 1 aromatic rings.